The molecule has 1 aromatic carbocycles. The highest BCUT2D eigenvalue weighted by Gasteiger charge is 2.26. The van der Waals surface area contributed by atoms with Crippen LogP contribution in [0.1, 0.15) is 5.56 Å². The first-order valence-electron chi connectivity index (χ1n) is 4.93. The van der Waals surface area contributed by atoms with Crippen molar-refractivity contribution in [2.75, 3.05) is 0 Å². The first kappa shape index (κ1) is 11.1. The second-order valence-corrected chi connectivity index (χ2v) is 7.25. The summed E-state index contributed by atoms with van der Waals surface area (Å²) in [5.41, 5.74) is 0.809. The van der Waals surface area contributed by atoms with Gasteiger partial charge in [0.1, 0.15) is 0 Å². The molecule has 0 fully saturated rings. The zero-order valence-electron chi connectivity index (χ0n) is 8.66. The molecule has 0 radical (unpaired) electrons. The summed E-state index contributed by atoms with van der Waals surface area (Å²) >= 11 is 3.10. The van der Waals surface area contributed by atoms with Crippen LogP contribution in [0, 0.1) is 0 Å². The van der Waals surface area contributed by atoms with E-state index in [1.54, 1.807) is 23.5 Å². The van der Waals surface area contributed by atoms with E-state index in [0.717, 1.165) is 15.4 Å². The van der Waals surface area contributed by atoms with Crippen LogP contribution in [0.2, 0.25) is 0 Å². The van der Waals surface area contributed by atoms with Gasteiger partial charge in [-0.25, -0.2) is 8.42 Å². The van der Waals surface area contributed by atoms with Crippen LogP contribution in [0.4, 0.5) is 0 Å². The van der Waals surface area contributed by atoms with Crippen molar-refractivity contribution in [3.63, 3.8) is 0 Å². The first-order chi connectivity index (χ1) is 8.17. The van der Waals surface area contributed by atoms with Crippen LogP contribution in [-0.2, 0) is 9.84 Å². The molecule has 1 aliphatic heterocycles. The van der Waals surface area contributed by atoms with Gasteiger partial charge in [0, 0.05) is 20.7 Å². The van der Waals surface area contributed by atoms with Gasteiger partial charge in [-0.15, -0.1) is 0 Å². The fourth-order valence-electron chi connectivity index (χ4n) is 1.70. The predicted octanol–water partition coefficient (Wildman–Crippen LogP) is 3.63. The van der Waals surface area contributed by atoms with Crippen molar-refractivity contribution >= 4 is 37.8 Å². The summed E-state index contributed by atoms with van der Waals surface area (Å²) in [6.07, 6.45) is 0. The van der Waals surface area contributed by atoms with Crippen LogP contribution in [0.5, 0.6) is 0 Å². The molecule has 0 aliphatic carbocycles. The average Bonchev–Trinajstić information content (AvgIpc) is 2.88. The molecular weight excluding hydrogens is 272 g/mol. The maximum atomic E-state index is 11.9. The lowest BCUT2D eigenvalue weighted by Crippen LogP contribution is -1.91. The van der Waals surface area contributed by atoms with Gasteiger partial charge in [-0.2, -0.15) is 11.3 Å². The molecule has 2 heterocycles. The zero-order valence-corrected chi connectivity index (χ0v) is 11.1. The molecule has 3 rings (SSSR count). The van der Waals surface area contributed by atoms with Crippen molar-refractivity contribution in [3.05, 3.63) is 52.1 Å². The Bertz CT molecular complexity index is 682. The minimum atomic E-state index is -3.24. The quantitative estimate of drug-likeness (QED) is 0.842. The normalized spacial score (nSPS) is 16.6. The molecule has 0 spiro atoms. The lowest BCUT2D eigenvalue weighted by molar-refractivity contribution is 0.605. The van der Waals surface area contributed by atoms with E-state index in [1.165, 1.54) is 17.2 Å². The van der Waals surface area contributed by atoms with E-state index in [0.29, 0.717) is 4.90 Å². The summed E-state index contributed by atoms with van der Waals surface area (Å²) in [4.78, 5) is 2.30. The molecule has 86 valence electrons. The molecule has 1 aliphatic rings. The second kappa shape index (κ2) is 4.01. The number of thiophene rings is 1. The molecule has 0 amide bonds. The van der Waals surface area contributed by atoms with Gasteiger partial charge in [-0.3, -0.25) is 0 Å². The van der Waals surface area contributed by atoms with Crippen LogP contribution in [0.25, 0.3) is 4.91 Å². The summed E-state index contributed by atoms with van der Waals surface area (Å²) in [7, 11) is -3.24. The number of hydrogen-bond donors (Lipinski definition) is 0. The van der Waals surface area contributed by atoms with Gasteiger partial charge < -0.3 is 0 Å². The van der Waals surface area contributed by atoms with Gasteiger partial charge in [0.25, 0.3) is 0 Å². The molecule has 0 bridgehead atoms. The highest BCUT2D eigenvalue weighted by molar-refractivity contribution is 8.10. The van der Waals surface area contributed by atoms with Crippen molar-refractivity contribution in [1.82, 2.24) is 0 Å². The molecular formula is C12H8O2S3. The topological polar surface area (TPSA) is 34.1 Å². The van der Waals surface area contributed by atoms with Crippen LogP contribution < -0.4 is 0 Å². The Morgan fingerprint density at radius 2 is 1.94 bits per heavy atom. The number of fused-ring (bicyclic) bond motifs is 1. The number of thioether (sulfide) groups is 1. The lowest BCUT2D eigenvalue weighted by atomic mass is 10.2. The van der Waals surface area contributed by atoms with Crippen molar-refractivity contribution in [2.45, 2.75) is 9.79 Å². The highest BCUT2D eigenvalue weighted by Crippen LogP contribution is 2.43. The van der Waals surface area contributed by atoms with Crippen LogP contribution in [-0.4, -0.2) is 8.42 Å². The minimum absolute atomic E-state index is 0.415. The van der Waals surface area contributed by atoms with Gasteiger partial charge in [-0.05, 0) is 17.5 Å². The van der Waals surface area contributed by atoms with E-state index in [4.69, 9.17) is 0 Å². The standard InChI is InChI=1S/C12H8O2S3/c13-17(14)8-11(16-9-5-6-15-7-9)10-3-1-2-4-12(10)17/h1-8H. The fraction of sp³-hybridized carbons (Fsp3) is 0. The van der Waals surface area contributed by atoms with Gasteiger partial charge in [0.15, 0.2) is 0 Å². The summed E-state index contributed by atoms with van der Waals surface area (Å²) in [6.45, 7) is 0. The molecule has 2 nitrogen and oxygen atoms in total. The number of rotatable bonds is 2. The van der Waals surface area contributed by atoms with Crippen molar-refractivity contribution < 1.29 is 8.42 Å². The van der Waals surface area contributed by atoms with Crippen LogP contribution in [0.15, 0.2) is 56.3 Å². The largest absolute Gasteiger partial charge is 0.219 e. The minimum Gasteiger partial charge on any atom is -0.219 e. The molecule has 2 aromatic rings. The predicted molar refractivity (Wildman–Crippen MR) is 71.8 cm³/mol. The molecule has 17 heavy (non-hydrogen) atoms. The second-order valence-electron chi connectivity index (χ2n) is 3.58. The van der Waals surface area contributed by atoms with Gasteiger partial charge >= 0.3 is 0 Å². The maximum Gasteiger partial charge on any atom is 0.201 e. The Morgan fingerprint density at radius 1 is 1.12 bits per heavy atom. The van der Waals surface area contributed by atoms with Gasteiger partial charge in [0.2, 0.25) is 9.84 Å². The molecule has 0 saturated heterocycles. The van der Waals surface area contributed by atoms with E-state index in [-0.39, 0.29) is 0 Å². The zero-order chi connectivity index (χ0) is 11.9. The average molecular weight is 280 g/mol. The van der Waals surface area contributed by atoms with E-state index in [2.05, 4.69) is 0 Å². The molecule has 1 aromatic heterocycles. The molecule has 0 atom stereocenters. The summed E-state index contributed by atoms with van der Waals surface area (Å²) in [5, 5.41) is 5.36. The van der Waals surface area contributed by atoms with E-state index in [1.807, 2.05) is 29.0 Å². The van der Waals surface area contributed by atoms with Crippen LogP contribution in [0.3, 0.4) is 0 Å². The number of sulfone groups is 1. The molecule has 0 N–H and O–H groups in total. The maximum absolute atomic E-state index is 11.9. The van der Waals surface area contributed by atoms with E-state index in [9.17, 15) is 8.42 Å². The van der Waals surface area contributed by atoms with Crippen molar-refractivity contribution in [3.8, 4) is 0 Å². The first-order valence-corrected chi connectivity index (χ1v) is 8.24. The SMILES string of the molecule is O=S1(=O)C=C(Sc2ccsc2)c2ccccc21. The smallest absolute Gasteiger partial charge is 0.201 e. The number of benzene rings is 1. The third-order valence-electron chi connectivity index (χ3n) is 2.44. The Balaban J connectivity index is 2.08. The third-order valence-corrected chi connectivity index (χ3v) is 5.99. The Kier molecular flexibility index (Phi) is 2.61. The van der Waals surface area contributed by atoms with E-state index < -0.39 is 9.84 Å². The summed E-state index contributed by atoms with van der Waals surface area (Å²) in [6, 6.07) is 9.11. The molecule has 0 saturated carbocycles. The fourth-order valence-corrected chi connectivity index (χ4v) is 5.27. The Labute approximate surface area is 108 Å². The van der Waals surface area contributed by atoms with Gasteiger partial charge in [0.05, 0.1) is 10.3 Å². The Morgan fingerprint density at radius 3 is 2.71 bits per heavy atom. The Hall–Kier alpha value is -1.04. The number of hydrogen-bond acceptors (Lipinski definition) is 4. The van der Waals surface area contributed by atoms with Crippen LogP contribution >= 0.6 is 23.1 Å². The monoisotopic (exact) mass is 280 g/mol. The van der Waals surface area contributed by atoms with Crippen molar-refractivity contribution in [2.24, 2.45) is 0 Å². The summed E-state index contributed by atoms with van der Waals surface area (Å²) in [5.74, 6) is 0. The third kappa shape index (κ3) is 1.94. The van der Waals surface area contributed by atoms with Gasteiger partial charge in [-0.1, -0.05) is 30.0 Å². The lowest BCUT2D eigenvalue weighted by Gasteiger charge is -2.01. The highest BCUT2D eigenvalue weighted by atomic mass is 32.2. The summed E-state index contributed by atoms with van der Waals surface area (Å²) < 4.78 is 23.8. The molecule has 5 heteroatoms. The van der Waals surface area contributed by atoms with E-state index >= 15 is 0 Å². The van der Waals surface area contributed by atoms with Crippen molar-refractivity contribution in [1.29, 1.82) is 0 Å². The molecule has 0 unspecified atom stereocenters.